The van der Waals surface area contributed by atoms with Crippen molar-refractivity contribution in [2.75, 3.05) is 13.7 Å². The van der Waals surface area contributed by atoms with Crippen LogP contribution in [0.4, 0.5) is 0 Å². The number of esters is 1. The predicted octanol–water partition coefficient (Wildman–Crippen LogP) is 8.35. The molecule has 0 aliphatic heterocycles. The maximum atomic E-state index is 13.8. The molecule has 0 aromatic heterocycles. The molecule has 37 heavy (non-hydrogen) atoms. The van der Waals surface area contributed by atoms with Crippen molar-refractivity contribution in [3.05, 3.63) is 23.5 Å². The van der Waals surface area contributed by atoms with Gasteiger partial charge in [-0.1, -0.05) is 71.8 Å². The molecule has 0 radical (unpaired) electrons. The first-order chi connectivity index (χ1) is 17.9. The van der Waals surface area contributed by atoms with Crippen LogP contribution in [-0.2, 0) is 19.1 Å². The Morgan fingerprint density at radius 2 is 1.81 bits per heavy atom. The summed E-state index contributed by atoms with van der Waals surface area (Å²) in [5.41, 5.74) is 1.15. The molecule has 0 aromatic carbocycles. The van der Waals surface area contributed by atoms with Crippen molar-refractivity contribution in [3.63, 3.8) is 0 Å². The zero-order chi connectivity index (χ0) is 26.5. The van der Waals surface area contributed by atoms with Gasteiger partial charge in [-0.3, -0.25) is 9.59 Å². The molecular weight excluding hydrogens is 460 g/mol. The highest BCUT2D eigenvalue weighted by molar-refractivity contribution is 5.88. The summed E-state index contributed by atoms with van der Waals surface area (Å²) in [5.74, 6) is 3.25. The van der Waals surface area contributed by atoms with E-state index in [-0.39, 0.29) is 11.4 Å². The molecule has 0 saturated heterocycles. The van der Waals surface area contributed by atoms with E-state index in [0.29, 0.717) is 48.9 Å². The number of Topliss-reactive ketones (excluding diaryl/α,β-unsaturated/α-hetero) is 1. The van der Waals surface area contributed by atoms with Gasteiger partial charge in [0, 0.05) is 19.3 Å². The first-order valence-electron chi connectivity index (χ1n) is 15.5. The van der Waals surface area contributed by atoms with E-state index in [9.17, 15) is 9.59 Å². The number of carbonyl (C=O) groups is 2. The molecule has 0 bridgehead atoms. The van der Waals surface area contributed by atoms with Crippen LogP contribution in [0.15, 0.2) is 23.5 Å². The van der Waals surface area contributed by atoms with E-state index in [1.54, 1.807) is 7.11 Å². The number of fused-ring (bicyclic) bond motifs is 5. The van der Waals surface area contributed by atoms with Crippen LogP contribution in [0.25, 0.3) is 0 Å². The van der Waals surface area contributed by atoms with Gasteiger partial charge in [-0.2, -0.15) is 0 Å². The monoisotopic (exact) mass is 512 g/mol. The van der Waals surface area contributed by atoms with Gasteiger partial charge in [-0.05, 0) is 79.3 Å². The van der Waals surface area contributed by atoms with E-state index < -0.39 is 5.41 Å². The summed E-state index contributed by atoms with van der Waals surface area (Å²) in [7, 11) is 1.79. The lowest BCUT2D eigenvalue weighted by Gasteiger charge is -2.57. The SMILES string of the molecule is CCCCCCCC[C@H]1CC(=O)[C@@]2(COC(=O)CCCC)CC[C@H]3[C@@H](CC=C4C=C(OC)CC[C@@]43C)[C@H]12. The Hall–Kier alpha value is -1.58. The summed E-state index contributed by atoms with van der Waals surface area (Å²) in [4.78, 5) is 26.4. The zero-order valence-corrected chi connectivity index (χ0v) is 24.1. The average Bonchev–Trinajstić information content (AvgIpc) is 3.19. The molecule has 0 amide bonds. The fourth-order valence-electron chi connectivity index (χ4n) is 8.62. The van der Waals surface area contributed by atoms with Gasteiger partial charge >= 0.3 is 5.97 Å². The van der Waals surface area contributed by atoms with Crippen molar-refractivity contribution < 1.29 is 19.1 Å². The summed E-state index contributed by atoms with van der Waals surface area (Å²) in [6.45, 7) is 7.14. The van der Waals surface area contributed by atoms with Crippen LogP contribution in [0.3, 0.4) is 0 Å². The Morgan fingerprint density at radius 3 is 2.57 bits per heavy atom. The van der Waals surface area contributed by atoms with Gasteiger partial charge in [0.25, 0.3) is 0 Å². The molecule has 208 valence electrons. The highest BCUT2D eigenvalue weighted by Crippen LogP contribution is 2.65. The number of ether oxygens (including phenoxy) is 2. The van der Waals surface area contributed by atoms with E-state index >= 15 is 0 Å². The van der Waals surface area contributed by atoms with Crippen LogP contribution in [0.5, 0.6) is 0 Å². The standard InChI is InChI=1S/C33H52O4/c1-5-7-9-10-11-12-13-24-21-29(34)33(23-37-30(35)14-8-6-2)20-18-28-27(31(24)33)16-15-25-22-26(36-4)17-19-32(25,28)3/h15,22,24,27-28,31H,5-14,16-21,23H2,1-4H3/t24-,27+,28-,31-,32-,33-/m0/s1. The fraction of sp³-hybridized carbons (Fsp3) is 0.818. The summed E-state index contributed by atoms with van der Waals surface area (Å²) < 4.78 is 11.5. The van der Waals surface area contributed by atoms with E-state index in [2.05, 4.69) is 32.9 Å². The lowest BCUT2D eigenvalue weighted by atomic mass is 9.47. The topological polar surface area (TPSA) is 52.6 Å². The Bertz CT molecular complexity index is 872. The predicted molar refractivity (Wildman–Crippen MR) is 149 cm³/mol. The Balaban J connectivity index is 1.56. The van der Waals surface area contributed by atoms with E-state index in [1.165, 1.54) is 44.1 Å². The second kappa shape index (κ2) is 12.5. The van der Waals surface area contributed by atoms with Gasteiger partial charge in [0.05, 0.1) is 18.3 Å². The van der Waals surface area contributed by atoms with Gasteiger partial charge in [0.15, 0.2) is 0 Å². The molecule has 4 heteroatoms. The molecule has 2 saturated carbocycles. The maximum Gasteiger partial charge on any atom is 0.305 e. The highest BCUT2D eigenvalue weighted by Gasteiger charge is 2.63. The van der Waals surface area contributed by atoms with Crippen LogP contribution >= 0.6 is 0 Å². The largest absolute Gasteiger partial charge is 0.501 e. The number of rotatable bonds is 13. The molecule has 0 N–H and O–H groups in total. The number of carbonyl (C=O) groups excluding carboxylic acids is 2. The number of hydrogen-bond donors (Lipinski definition) is 0. The minimum absolute atomic E-state index is 0.119. The second-order valence-electron chi connectivity index (χ2n) is 12.8. The van der Waals surface area contributed by atoms with E-state index in [1.807, 2.05) is 0 Å². The lowest BCUT2D eigenvalue weighted by Crippen LogP contribution is -2.53. The summed E-state index contributed by atoms with van der Waals surface area (Å²) in [6.07, 6.45) is 21.8. The molecule has 0 unspecified atom stereocenters. The van der Waals surface area contributed by atoms with Crippen LogP contribution in [0.1, 0.15) is 124 Å². The van der Waals surface area contributed by atoms with E-state index in [4.69, 9.17) is 9.47 Å². The van der Waals surface area contributed by atoms with Crippen molar-refractivity contribution in [2.24, 2.45) is 34.5 Å². The molecular formula is C33H52O4. The third-order valence-corrected chi connectivity index (χ3v) is 10.7. The Morgan fingerprint density at radius 1 is 1.05 bits per heavy atom. The van der Waals surface area contributed by atoms with Crippen LogP contribution in [0, 0.1) is 34.5 Å². The highest BCUT2D eigenvalue weighted by atomic mass is 16.5. The molecule has 4 aliphatic rings. The van der Waals surface area contributed by atoms with E-state index in [0.717, 1.165) is 57.1 Å². The zero-order valence-electron chi connectivity index (χ0n) is 24.1. The first kappa shape index (κ1) is 28.4. The Labute approximate surface area is 226 Å². The van der Waals surface area contributed by atoms with Gasteiger partial charge in [-0.15, -0.1) is 0 Å². The van der Waals surface area contributed by atoms with Crippen molar-refractivity contribution in [2.45, 2.75) is 124 Å². The van der Waals surface area contributed by atoms with Crippen LogP contribution in [-0.4, -0.2) is 25.5 Å². The molecule has 2 fully saturated rings. The molecule has 0 aromatic rings. The average molecular weight is 513 g/mol. The van der Waals surface area contributed by atoms with Crippen molar-refractivity contribution in [3.8, 4) is 0 Å². The number of unbranched alkanes of at least 4 members (excludes halogenated alkanes) is 6. The lowest BCUT2D eigenvalue weighted by molar-refractivity contribution is -0.157. The minimum atomic E-state index is -0.459. The van der Waals surface area contributed by atoms with Gasteiger partial charge in [0.1, 0.15) is 12.4 Å². The smallest absolute Gasteiger partial charge is 0.305 e. The summed E-state index contributed by atoms with van der Waals surface area (Å²) in [5, 5.41) is 0. The van der Waals surface area contributed by atoms with Crippen molar-refractivity contribution >= 4 is 11.8 Å². The molecule has 6 atom stereocenters. The number of hydrogen-bond acceptors (Lipinski definition) is 4. The fourth-order valence-corrected chi connectivity index (χ4v) is 8.62. The normalized spacial score (nSPS) is 34.6. The van der Waals surface area contributed by atoms with Gasteiger partial charge in [0.2, 0.25) is 0 Å². The number of allylic oxidation sites excluding steroid dienone is 4. The molecule has 4 rings (SSSR count). The molecule has 4 nitrogen and oxygen atoms in total. The van der Waals surface area contributed by atoms with Crippen molar-refractivity contribution in [1.82, 2.24) is 0 Å². The van der Waals surface area contributed by atoms with Crippen LogP contribution in [0.2, 0.25) is 0 Å². The second-order valence-corrected chi connectivity index (χ2v) is 12.8. The summed E-state index contributed by atoms with van der Waals surface area (Å²) in [6, 6.07) is 0. The van der Waals surface area contributed by atoms with Gasteiger partial charge in [-0.25, -0.2) is 0 Å². The van der Waals surface area contributed by atoms with Crippen LogP contribution < -0.4 is 0 Å². The van der Waals surface area contributed by atoms with Crippen molar-refractivity contribution in [1.29, 1.82) is 0 Å². The minimum Gasteiger partial charge on any atom is -0.501 e. The maximum absolute atomic E-state index is 13.8. The molecule has 4 aliphatic carbocycles. The Kier molecular flexibility index (Phi) is 9.62. The third kappa shape index (κ3) is 5.74. The molecule has 0 heterocycles. The number of methoxy groups -OCH3 is 1. The number of ketones is 1. The third-order valence-electron chi connectivity index (χ3n) is 10.7. The molecule has 0 spiro atoms. The first-order valence-corrected chi connectivity index (χ1v) is 15.5. The quantitative estimate of drug-likeness (QED) is 0.184. The van der Waals surface area contributed by atoms with Gasteiger partial charge < -0.3 is 9.47 Å². The summed E-state index contributed by atoms with van der Waals surface area (Å²) >= 11 is 0.